The van der Waals surface area contributed by atoms with Crippen LogP contribution in [0.2, 0.25) is 0 Å². The third-order valence-corrected chi connectivity index (χ3v) is 4.15. The molecule has 0 saturated heterocycles. The first-order valence-corrected chi connectivity index (χ1v) is 14.9. The van der Waals surface area contributed by atoms with E-state index >= 15 is 0 Å². The summed E-state index contributed by atoms with van der Waals surface area (Å²) in [6.07, 6.45) is 1.80. The van der Waals surface area contributed by atoms with Crippen LogP contribution in [0, 0.1) is 12.8 Å². The fourth-order valence-corrected chi connectivity index (χ4v) is 2.75. The minimum atomic E-state index is -0.826. The number of halogens is 2. The van der Waals surface area contributed by atoms with Gasteiger partial charge in [0.1, 0.15) is 5.75 Å². The number of rotatable bonds is 5. The van der Waals surface area contributed by atoms with Crippen LogP contribution in [0.5, 0.6) is 5.75 Å². The summed E-state index contributed by atoms with van der Waals surface area (Å²) >= 11 is -0.826. The Balaban J connectivity index is 0.00000105. The van der Waals surface area contributed by atoms with Crippen molar-refractivity contribution in [3.05, 3.63) is 64.7 Å². The van der Waals surface area contributed by atoms with Gasteiger partial charge >= 0.3 is 37.9 Å². The molecule has 1 N–H and O–H groups in total. The summed E-state index contributed by atoms with van der Waals surface area (Å²) in [4.78, 5) is 4.45. The van der Waals surface area contributed by atoms with Gasteiger partial charge in [0.15, 0.2) is 0 Å². The maximum absolute atomic E-state index is 10.8. The molecule has 0 atom stereocenters. The van der Waals surface area contributed by atoms with Crippen molar-refractivity contribution >= 4 is 23.2 Å². The first-order chi connectivity index (χ1) is 12.2. The van der Waals surface area contributed by atoms with Gasteiger partial charge in [0.05, 0.1) is 0 Å². The Morgan fingerprint density at radius 1 is 1.15 bits per heavy atom. The molecule has 2 aromatic carbocycles. The van der Waals surface area contributed by atoms with Crippen LogP contribution in [0.4, 0.5) is 0 Å². The summed E-state index contributed by atoms with van der Waals surface area (Å²) in [6, 6.07) is 14.4. The average Bonchev–Trinajstić information content (AvgIpc) is 2.58. The fourth-order valence-electron chi connectivity index (χ4n) is 2.75. The number of benzene rings is 2. The molecule has 0 bridgehead atoms. The van der Waals surface area contributed by atoms with Gasteiger partial charge in [0, 0.05) is 29.3 Å². The molecule has 26 heavy (non-hydrogen) atoms. The second kappa shape index (κ2) is 11.3. The zero-order valence-corrected chi connectivity index (χ0v) is 20.0. The van der Waals surface area contributed by atoms with Gasteiger partial charge in [-0.3, -0.25) is 4.99 Å². The van der Waals surface area contributed by atoms with Crippen molar-refractivity contribution in [3.63, 3.8) is 0 Å². The molecule has 0 radical (unpaired) electrons. The molecule has 0 saturated carbocycles. The van der Waals surface area contributed by atoms with Crippen LogP contribution in [0.3, 0.4) is 0 Å². The molecular weight excluding hydrogens is 444 g/mol. The van der Waals surface area contributed by atoms with Crippen molar-refractivity contribution in [3.8, 4) is 5.75 Å². The molecule has 0 aliphatic carbocycles. The van der Waals surface area contributed by atoms with Crippen molar-refractivity contribution in [2.24, 2.45) is 10.9 Å². The second-order valence-electron chi connectivity index (χ2n) is 7.20. The van der Waals surface area contributed by atoms with Gasteiger partial charge in [-0.05, 0) is 30.0 Å². The van der Waals surface area contributed by atoms with Gasteiger partial charge < -0.3 is 5.11 Å². The van der Waals surface area contributed by atoms with E-state index in [-0.39, 0.29) is 5.41 Å². The van der Waals surface area contributed by atoms with Crippen LogP contribution in [0.15, 0.2) is 47.5 Å². The third kappa shape index (κ3) is 6.83. The number of phenols is 1. The normalized spacial score (nSPS) is 11.4. The molecule has 0 aliphatic rings. The van der Waals surface area contributed by atoms with E-state index in [0.717, 1.165) is 23.2 Å². The molecule has 0 spiro atoms. The number of phenolic OH excluding ortho intramolecular Hbond substituents is 1. The first kappa shape index (κ1) is 23.4. The molecule has 140 valence electrons. The fraction of sp³-hybridized carbons (Fsp3) is 0.381. The van der Waals surface area contributed by atoms with E-state index in [9.17, 15) is 5.11 Å². The molecule has 2 nitrogen and oxygen atoms in total. The van der Waals surface area contributed by atoms with Crippen molar-refractivity contribution in [1.82, 2.24) is 0 Å². The minimum absolute atomic E-state index is 0.266. The van der Waals surface area contributed by atoms with Crippen LogP contribution in [0.1, 0.15) is 49.9 Å². The standard InChI is InChI=1S/C21H27NO.2ClH.Zr/c1-15(2)13-22-14-17-11-16(3)12-19(20(17)23)21(4,5)18-9-7-6-8-10-18;;;/h6-12,14-15,23H,13H2,1-5H3;2*1H;/q;;;+2/p-2. The summed E-state index contributed by atoms with van der Waals surface area (Å²) < 4.78 is 0. The van der Waals surface area contributed by atoms with E-state index in [1.807, 2.05) is 24.3 Å². The summed E-state index contributed by atoms with van der Waals surface area (Å²) in [6.45, 7) is 11.4. The van der Waals surface area contributed by atoms with Gasteiger partial charge in [-0.15, -0.1) is 0 Å². The third-order valence-electron chi connectivity index (χ3n) is 4.15. The quantitative estimate of drug-likeness (QED) is 0.498. The van der Waals surface area contributed by atoms with E-state index in [0.29, 0.717) is 11.7 Å². The zero-order chi connectivity index (χ0) is 19.7. The molecule has 0 heterocycles. The summed E-state index contributed by atoms with van der Waals surface area (Å²) in [7, 11) is 9.87. The van der Waals surface area contributed by atoms with Crippen molar-refractivity contribution < 1.29 is 26.0 Å². The zero-order valence-electron chi connectivity index (χ0n) is 16.1. The van der Waals surface area contributed by atoms with Crippen molar-refractivity contribution in [2.45, 2.75) is 40.0 Å². The number of hydrogen-bond donors (Lipinski definition) is 1. The Morgan fingerprint density at radius 2 is 1.73 bits per heavy atom. The van der Waals surface area contributed by atoms with E-state index in [2.05, 4.69) is 57.8 Å². The molecule has 0 aliphatic heterocycles. The van der Waals surface area contributed by atoms with Gasteiger partial charge in [-0.1, -0.05) is 64.1 Å². The van der Waals surface area contributed by atoms with E-state index < -0.39 is 20.8 Å². The van der Waals surface area contributed by atoms with Crippen LogP contribution >= 0.6 is 17.0 Å². The molecule has 0 aromatic heterocycles. The number of nitrogens with zero attached hydrogens (tertiary/aromatic N) is 1. The topological polar surface area (TPSA) is 32.6 Å². The number of aryl methyl sites for hydroxylation is 1. The van der Waals surface area contributed by atoms with Crippen LogP contribution < -0.4 is 0 Å². The van der Waals surface area contributed by atoms with Crippen LogP contribution in [-0.2, 0) is 26.3 Å². The molecular formula is C21H27Cl2NOZr. The maximum atomic E-state index is 10.8. The Bertz CT molecular complexity index is 715. The molecule has 2 aromatic rings. The average molecular weight is 472 g/mol. The second-order valence-corrected chi connectivity index (χ2v) is 10.9. The number of hydrogen-bond acceptors (Lipinski definition) is 2. The molecule has 2 rings (SSSR count). The van der Waals surface area contributed by atoms with Crippen molar-refractivity contribution in [2.75, 3.05) is 6.54 Å². The van der Waals surface area contributed by atoms with E-state index in [4.69, 9.17) is 17.0 Å². The van der Waals surface area contributed by atoms with Gasteiger partial charge in [-0.25, -0.2) is 0 Å². The molecule has 5 heteroatoms. The molecule has 0 unspecified atom stereocenters. The monoisotopic (exact) mass is 469 g/mol. The van der Waals surface area contributed by atoms with Gasteiger partial charge in [-0.2, -0.15) is 0 Å². The van der Waals surface area contributed by atoms with Gasteiger partial charge in [0.2, 0.25) is 0 Å². The van der Waals surface area contributed by atoms with Crippen molar-refractivity contribution in [1.29, 1.82) is 0 Å². The predicted molar refractivity (Wildman–Crippen MR) is 110 cm³/mol. The molecule has 0 amide bonds. The SMILES string of the molecule is Cc1cc(C=NCC(C)C)c(O)c(C(C)(C)c2ccccc2)c1.[Cl][Zr][Cl]. The van der Waals surface area contributed by atoms with E-state index in [1.165, 1.54) is 5.56 Å². The molecule has 0 fully saturated rings. The summed E-state index contributed by atoms with van der Waals surface area (Å²) in [5, 5.41) is 10.8. The van der Waals surface area contributed by atoms with Gasteiger partial charge in [0.25, 0.3) is 0 Å². The Labute approximate surface area is 176 Å². The Hall–Kier alpha value is -0.627. The Morgan fingerprint density at radius 3 is 2.27 bits per heavy atom. The van der Waals surface area contributed by atoms with Crippen LogP contribution in [-0.4, -0.2) is 17.9 Å². The summed E-state index contributed by atoms with van der Waals surface area (Å²) in [5.41, 5.74) is 3.79. The summed E-state index contributed by atoms with van der Waals surface area (Å²) in [5.74, 6) is 0.843. The number of aromatic hydroxyl groups is 1. The van der Waals surface area contributed by atoms with Crippen LogP contribution in [0.25, 0.3) is 0 Å². The number of aliphatic imine (C=N–C) groups is 1. The van der Waals surface area contributed by atoms with E-state index in [1.54, 1.807) is 6.21 Å². The Kier molecular flexibility index (Phi) is 10.1. The predicted octanol–water partition coefficient (Wildman–Crippen LogP) is 6.48. The first-order valence-electron chi connectivity index (χ1n) is 8.59.